The lowest BCUT2D eigenvalue weighted by atomic mass is 10.0. The van der Waals surface area contributed by atoms with Gasteiger partial charge in [-0.15, -0.1) is 0 Å². The third kappa shape index (κ3) is 3.59. The third-order valence-electron chi connectivity index (χ3n) is 4.25. The van der Waals surface area contributed by atoms with Crippen LogP contribution in [0, 0.1) is 12.8 Å². The lowest BCUT2D eigenvalue weighted by Crippen LogP contribution is -2.30. The highest BCUT2D eigenvalue weighted by molar-refractivity contribution is 5.97. The van der Waals surface area contributed by atoms with Crippen LogP contribution >= 0.6 is 0 Å². The van der Waals surface area contributed by atoms with Crippen molar-refractivity contribution in [2.45, 2.75) is 25.8 Å². The number of aryl methyl sites for hydroxylation is 1. The molecule has 2 amide bonds. The summed E-state index contributed by atoms with van der Waals surface area (Å²) in [5.74, 6) is -0.113. The van der Waals surface area contributed by atoms with E-state index < -0.39 is 5.91 Å². The van der Waals surface area contributed by atoms with Gasteiger partial charge in [-0.3, -0.25) is 9.59 Å². The van der Waals surface area contributed by atoms with Gasteiger partial charge in [-0.2, -0.15) is 0 Å². The van der Waals surface area contributed by atoms with Gasteiger partial charge in [0.1, 0.15) is 0 Å². The van der Waals surface area contributed by atoms with Crippen molar-refractivity contribution in [1.29, 1.82) is 0 Å². The molecule has 0 radical (unpaired) electrons. The molecular weight excluding hydrogens is 288 g/mol. The van der Waals surface area contributed by atoms with E-state index in [4.69, 9.17) is 5.73 Å². The number of benzene rings is 2. The van der Waals surface area contributed by atoms with Crippen LogP contribution in [0.1, 0.15) is 50.7 Å². The fraction of sp³-hybridized carbons (Fsp3) is 0.263. The largest absolute Gasteiger partial charge is 0.366 e. The minimum absolute atomic E-state index is 0.0407. The molecule has 118 valence electrons. The Morgan fingerprint density at radius 1 is 1.00 bits per heavy atom. The molecule has 0 heterocycles. The van der Waals surface area contributed by atoms with E-state index in [0.717, 1.165) is 18.4 Å². The van der Waals surface area contributed by atoms with Crippen molar-refractivity contribution in [2.24, 2.45) is 11.7 Å². The minimum atomic E-state index is -0.493. The third-order valence-corrected chi connectivity index (χ3v) is 4.25. The first-order valence-electron chi connectivity index (χ1n) is 7.82. The van der Waals surface area contributed by atoms with Crippen LogP contribution in [0.4, 0.5) is 0 Å². The van der Waals surface area contributed by atoms with Crippen LogP contribution in [0.25, 0.3) is 0 Å². The number of rotatable bonds is 5. The summed E-state index contributed by atoms with van der Waals surface area (Å²) in [4.78, 5) is 23.6. The van der Waals surface area contributed by atoms with E-state index in [1.54, 1.807) is 24.3 Å². The molecule has 1 saturated carbocycles. The Bertz CT molecular complexity index is 716. The topological polar surface area (TPSA) is 72.2 Å². The number of nitrogens with two attached hydrogens (primary N) is 1. The first-order chi connectivity index (χ1) is 11.0. The van der Waals surface area contributed by atoms with Crippen molar-refractivity contribution >= 4 is 11.8 Å². The summed E-state index contributed by atoms with van der Waals surface area (Å²) in [6.07, 6.45) is 2.28. The predicted octanol–water partition coefficient (Wildman–Crippen LogP) is 2.98. The summed E-state index contributed by atoms with van der Waals surface area (Å²) in [5.41, 5.74) is 8.50. The van der Waals surface area contributed by atoms with Crippen LogP contribution in [0.5, 0.6) is 0 Å². The second-order valence-corrected chi connectivity index (χ2v) is 6.14. The maximum Gasteiger partial charge on any atom is 0.251 e. The van der Waals surface area contributed by atoms with Crippen LogP contribution in [-0.4, -0.2) is 11.8 Å². The molecule has 2 aromatic rings. The van der Waals surface area contributed by atoms with Crippen LogP contribution in [0.3, 0.4) is 0 Å². The second-order valence-electron chi connectivity index (χ2n) is 6.14. The van der Waals surface area contributed by atoms with Crippen molar-refractivity contribution < 1.29 is 9.59 Å². The number of carbonyl (C=O) groups excluding carboxylic acids is 2. The molecule has 4 heteroatoms. The van der Waals surface area contributed by atoms with Gasteiger partial charge in [0.05, 0.1) is 6.04 Å². The zero-order valence-electron chi connectivity index (χ0n) is 13.1. The molecule has 3 rings (SSSR count). The van der Waals surface area contributed by atoms with Crippen LogP contribution < -0.4 is 11.1 Å². The van der Waals surface area contributed by atoms with Gasteiger partial charge in [0.25, 0.3) is 5.91 Å². The summed E-state index contributed by atoms with van der Waals surface area (Å²) in [6, 6.07) is 14.8. The lowest BCUT2D eigenvalue weighted by Gasteiger charge is -2.19. The van der Waals surface area contributed by atoms with Gasteiger partial charge in [0.15, 0.2) is 0 Å². The minimum Gasteiger partial charge on any atom is -0.366 e. The fourth-order valence-electron chi connectivity index (χ4n) is 2.69. The quantitative estimate of drug-likeness (QED) is 0.891. The van der Waals surface area contributed by atoms with Gasteiger partial charge in [-0.05, 0) is 55.5 Å². The van der Waals surface area contributed by atoms with Gasteiger partial charge in [0.2, 0.25) is 5.91 Å². The summed E-state index contributed by atoms with van der Waals surface area (Å²) < 4.78 is 0. The number of primary amides is 1. The van der Waals surface area contributed by atoms with E-state index >= 15 is 0 Å². The zero-order chi connectivity index (χ0) is 16.4. The van der Waals surface area contributed by atoms with E-state index in [9.17, 15) is 9.59 Å². The van der Waals surface area contributed by atoms with Crippen molar-refractivity contribution in [3.05, 3.63) is 70.8 Å². The lowest BCUT2D eigenvalue weighted by molar-refractivity contribution is 0.0929. The fourth-order valence-corrected chi connectivity index (χ4v) is 2.69. The molecule has 4 nitrogen and oxygen atoms in total. The van der Waals surface area contributed by atoms with Gasteiger partial charge >= 0.3 is 0 Å². The monoisotopic (exact) mass is 308 g/mol. The molecular formula is C19H20N2O2. The molecule has 1 fully saturated rings. The molecule has 2 aromatic carbocycles. The zero-order valence-corrected chi connectivity index (χ0v) is 13.1. The molecule has 1 aliphatic rings. The molecule has 0 aliphatic heterocycles. The molecule has 23 heavy (non-hydrogen) atoms. The number of hydrogen-bond donors (Lipinski definition) is 2. The van der Waals surface area contributed by atoms with Gasteiger partial charge < -0.3 is 11.1 Å². The van der Waals surface area contributed by atoms with Crippen molar-refractivity contribution in [1.82, 2.24) is 5.32 Å². The summed E-state index contributed by atoms with van der Waals surface area (Å²) in [7, 11) is 0. The first kappa shape index (κ1) is 15.3. The number of nitrogens with one attached hydrogen (secondary N) is 1. The maximum atomic E-state index is 12.5. The van der Waals surface area contributed by atoms with E-state index in [-0.39, 0.29) is 11.9 Å². The number of carbonyl (C=O) groups is 2. The highest BCUT2D eigenvalue weighted by Crippen LogP contribution is 2.41. The highest BCUT2D eigenvalue weighted by Gasteiger charge is 2.33. The molecule has 0 bridgehead atoms. The molecule has 0 aromatic heterocycles. The average Bonchev–Trinajstić information content (AvgIpc) is 3.38. The second kappa shape index (κ2) is 6.24. The number of hydrogen-bond acceptors (Lipinski definition) is 2. The SMILES string of the molecule is Cc1ccc(C(NC(=O)c2ccc(C(N)=O)cc2)C2CC2)cc1. The van der Waals surface area contributed by atoms with Crippen LogP contribution in [0.2, 0.25) is 0 Å². The molecule has 3 N–H and O–H groups in total. The Morgan fingerprint density at radius 3 is 2.09 bits per heavy atom. The van der Waals surface area contributed by atoms with E-state index in [0.29, 0.717) is 17.0 Å². The Morgan fingerprint density at radius 2 is 1.57 bits per heavy atom. The van der Waals surface area contributed by atoms with E-state index in [2.05, 4.69) is 36.5 Å². The average molecular weight is 308 g/mol. The van der Waals surface area contributed by atoms with Crippen molar-refractivity contribution in [3.63, 3.8) is 0 Å². The Hall–Kier alpha value is -2.62. The summed E-state index contributed by atoms with van der Waals surface area (Å²) >= 11 is 0. The van der Waals surface area contributed by atoms with Gasteiger partial charge in [-0.25, -0.2) is 0 Å². The van der Waals surface area contributed by atoms with Gasteiger partial charge in [0, 0.05) is 11.1 Å². The van der Waals surface area contributed by atoms with E-state index in [1.165, 1.54) is 5.56 Å². The highest BCUT2D eigenvalue weighted by atomic mass is 16.2. The number of amides is 2. The Labute approximate surface area is 135 Å². The Kier molecular flexibility index (Phi) is 4.15. The Balaban J connectivity index is 1.76. The maximum absolute atomic E-state index is 12.5. The molecule has 0 saturated heterocycles. The molecule has 1 unspecified atom stereocenters. The molecule has 0 spiro atoms. The molecule has 1 aliphatic carbocycles. The first-order valence-corrected chi connectivity index (χ1v) is 7.82. The van der Waals surface area contributed by atoms with Gasteiger partial charge in [-0.1, -0.05) is 29.8 Å². The van der Waals surface area contributed by atoms with E-state index in [1.807, 2.05) is 0 Å². The molecule has 1 atom stereocenters. The summed E-state index contributed by atoms with van der Waals surface area (Å²) in [6.45, 7) is 2.05. The van der Waals surface area contributed by atoms with Crippen molar-refractivity contribution in [3.8, 4) is 0 Å². The standard InChI is InChI=1S/C19H20N2O2/c1-12-2-4-13(5-3-12)17(14-6-7-14)21-19(23)16-10-8-15(9-11-16)18(20)22/h2-5,8-11,14,17H,6-7H2,1H3,(H2,20,22)(H,21,23). The van der Waals surface area contributed by atoms with Crippen LogP contribution in [-0.2, 0) is 0 Å². The smallest absolute Gasteiger partial charge is 0.251 e. The van der Waals surface area contributed by atoms with Crippen LogP contribution in [0.15, 0.2) is 48.5 Å². The summed E-state index contributed by atoms with van der Waals surface area (Å²) in [5, 5.41) is 3.12. The predicted molar refractivity (Wildman–Crippen MR) is 89.1 cm³/mol. The van der Waals surface area contributed by atoms with Crippen molar-refractivity contribution in [2.75, 3.05) is 0 Å². The normalized spacial score (nSPS) is 15.0.